The molecule has 0 fully saturated rings. The molecule has 3 heteroatoms. The number of benzene rings is 1. The second-order valence-electron chi connectivity index (χ2n) is 4.81. The Morgan fingerprint density at radius 2 is 2.00 bits per heavy atom. The summed E-state index contributed by atoms with van der Waals surface area (Å²) in [5, 5.41) is 3.40. The van der Waals surface area contributed by atoms with E-state index in [0.717, 1.165) is 18.0 Å². The molecule has 1 atom stereocenters. The third-order valence-corrected chi connectivity index (χ3v) is 2.73. The maximum Gasteiger partial charge on any atom is 0.144 e. The molecule has 0 spiro atoms. The molecule has 3 nitrogen and oxygen atoms in total. The van der Waals surface area contributed by atoms with E-state index >= 15 is 0 Å². The molecule has 1 aromatic rings. The quantitative estimate of drug-likeness (QED) is 0.743. The van der Waals surface area contributed by atoms with Crippen molar-refractivity contribution >= 4 is 11.4 Å². The van der Waals surface area contributed by atoms with Crippen LogP contribution < -0.4 is 15.8 Å². The number of rotatable bonds is 6. The highest BCUT2D eigenvalue weighted by Crippen LogP contribution is 2.26. The van der Waals surface area contributed by atoms with Gasteiger partial charge in [0.15, 0.2) is 0 Å². The highest BCUT2D eigenvalue weighted by Gasteiger charge is 2.05. The van der Waals surface area contributed by atoms with Crippen LogP contribution in [0.25, 0.3) is 0 Å². The van der Waals surface area contributed by atoms with E-state index in [-0.39, 0.29) is 6.10 Å². The Bertz CT molecular complexity index is 350. The van der Waals surface area contributed by atoms with Gasteiger partial charge in [-0.15, -0.1) is 0 Å². The molecule has 0 saturated heterocycles. The number of hydrogen-bond acceptors (Lipinski definition) is 3. The average molecular weight is 236 g/mol. The van der Waals surface area contributed by atoms with Crippen molar-refractivity contribution in [2.24, 2.45) is 5.92 Å². The molecule has 0 heterocycles. The summed E-state index contributed by atoms with van der Waals surface area (Å²) in [5.74, 6) is 1.43. The van der Waals surface area contributed by atoms with Gasteiger partial charge in [0.05, 0.1) is 11.8 Å². The van der Waals surface area contributed by atoms with Crippen molar-refractivity contribution < 1.29 is 4.74 Å². The zero-order valence-corrected chi connectivity index (χ0v) is 11.3. The lowest BCUT2D eigenvalue weighted by Gasteiger charge is -2.15. The van der Waals surface area contributed by atoms with Crippen molar-refractivity contribution in [1.29, 1.82) is 0 Å². The molecule has 17 heavy (non-hydrogen) atoms. The van der Waals surface area contributed by atoms with Crippen LogP contribution in [0.15, 0.2) is 18.2 Å². The highest BCUT2D eigenvalue weighted by atomic mass is 16.5. The van der Waals surface area contributed by atoms with E-state index in [0.29, 0.717) is 11.6 Å². The maximum atomic E-state index is 5.87. The number of nitrogen functional groups attached to an aromatic ring is 1. The lowest BCUT2D eigenvalue weighted by molar-refractivity contribution is 0.244. The molecule has 0 aromatic heterocycles. The summed E-state index contributed by atoms with van der Waals surface area (Å²) in [5.41, 5.74) is 7.62. The molecular formula is C14H24N2O. The zero-order valence-electron chi connectivity index (χ0n) is 11.3. The zero-order chi connectivity index (χ0) is 12.8. The molecule has 0 amide bonds. The molecule has 0 aliphatic carbocycles. The van der Waals surface area contributed by atoms with Crippen LogP contribution in [0.2, 0.25) is 0 Å². The monoisotopic (exact) mass is 236 g/mol. The van der Waals surface area contributed by atoms with E-state index < -0.39 is 0 Å². The first-order valence-electron chi connectivity index (χ1n) is 6.33. The van der Waals surface area contributed by atoms with Gasteiger partial charge in [-0.05, 0) is 31.9 Å². The third-order valence-electron chi connectivity index (χ3n) is 2.73. The predicted octanol–water partition coefficient (Wildman–Crippen LogP) is 3.51. The first-order valence-corrected chi connectivity index (χ1v) is 6.33. The minimum Gasteiger partial charge on any atom is -0.489 e. The third kappa shape index (κ3) is 4.55. The molecule has 96 valence electrons. The topological polar surface area (TPSA) is 47.3 Å². The molecule has 0 saturated carbocycles. The molecule has 0 aliphatic heterocycles. The van der Waals surface area contributed by atoms with E-state index in [1.54, 1.807) is 0 Å². The first-order chi connectivity index (χ1) is 8.02. The molecule has 3 N–H and O–H groups in total. The summed E-state index contributed by atoms with van der Waals surface area (Å²) in [4.78, 5) is 0. The van der Waals surface area contributed by atoms with Crippen LogP contribution in [-0.4, -0.2) is 12.6 Å². The maximum absolute atomic E-state index is 5.87. The summed E-state index contributed by atoms with van der Waals surface area (Å²) in [6, 6.07) is 5.85. The minimum atomic E-state index is 0.141. The van der Waals surface area contributed by atoms with E-state index in [1.165, 1.54) is 6.42 Å². The lowest BCUT2D eigenvalue weighted by atomic mass is 10.1. The Morgan fingerprint density at radius 1 is 1.29 bits per heavy atom. The largest absolute Gasteiger partial charge is 0.489 e. The number of nitrogens with two attached hydrogens (primary N) is 1. The van der Waals surface area contributed by atoms with Crippen molar-refractivity contribution in [2.75, 3.05) is 17.6 Å². The average Bonchev–Trinajstić information content (AvgIpc) is 2.29. The SMILES string of the molecule is CCC(C)CNc1ccc(N)c(OC(C)C)c1. The standard InChI is InChI=1S/C14H24N2O/c1-5-11(4)9-16-12-6-7-13(15)14(8-12)17-10(2)3/h6-8,10-11,16H,5,9,15H2,1-4H3. The van der Waals surface area contributed by atoms with E-state index in [4.69, 9.17) is 10.5 Å². The van der Waals surface area contributed by atoms with Gasteiger partial charge >= 0.3 is 0 Å². The van der Waals surface area contributed by atoms with Gasteiger partial charge < -0.3 is 15.8 Å². The molecular weight excluding hydrogens is 212 g/mol. The normalized spacial score (nSPS) is 12.5. The lowest BCUT2D eigenvalue weighted by Crippen LogP contribution is -2.11. The van der Waals surface area contributed by atoms with Crippen LogP contribution in [0.4, 0.5) is 11.4 Å². The van der Waals surface area contributed by atoms with Crippen LogP contribution in [0.1, 0.15) is 34.1 Å². The molecule has 0 radical (unpaired) electrons. The molecule has 1 aromatic carbocycles. The van der Waals surface area contributed by atoms with Crippen molar-refractivity contribution in [2.45, 2.75) is 40.2 Å². The van der Waals surface area contributed by atoms with Crippen LogP contribution in [-0.2, 0) is 0 Å². The predicted molar refractivity (Wildman–Crippen MR) is 74.6 cm³/mol. The Balaban J connectivity index is 2.67. The van der Waals surface area contributed by atoms with E-state index in [1.807, 2.05) is 32.0 Å². The van der Waals surface area contributed by atoms with Crippen molar-refractivity contribution in [3.8, 4) is 5.75 Å². The summed E-state index contributed by atoms with van der Waals surface area (Å²) < 4.78 is 5.65. The van der Waals surface area contributed by atoms with Gasteiger partial charge in [0.2, 0.25) is 0 Å². The smallest absolute Gasteiger partial charge is 0.144 e. The second kappa shape index (κ2) is 6.38. The van der Waals surface area contributed by atoms with Crippen LogP contribution in [0, 0.1) is 5.92 Å². The number of nitrogens with one attached hydrogen (secondary N) is 1. The number of ether oxygens (including phenoxy) is 1. The Labute approximate surface area is 104 Å². The van der Waals surface area contributed by atoms with Gasteiger partial charge in [-0.1, -0.05) is 20.3 Å². The highest BCUT2D eigenvalue weighted by molar-refractivity contribution is 5.61. The second-order valence-corrected chi connectivity index (χ2v) is 4.81. The molecule has 0 aliphatic rings. The molecule has 1 unspecified atom stereocenters. The van der Waals surface area contributed by atoms with E-state index in [2.05, 4.69) is 19.2 Å². The van der Waals surface area contributed by atoms with Crippen LogP contribution in [0.3, 0.4) is 0 Å². The number of hydrogen-bond donors (Lipinski definition) is 2. The fourth-order valence-corrected chi connectivity index (χ4v) is 1.44. The summed E-state index contributed by atoms with van der Waals surface area (Å²) >= 11 is 0. The van der Waals surface area contributed by atoms with Gasteiger partial charge in [-0.25, -0.2) is 0 Å². The molecule has 0 bridgehead atoms. The fourth-order valence-electron chi connectivity index (χ4n) is 1.44. The Hall–Kier alpha value is -1.38. The van der Waals surface area contributed by atoms with Gasteiger partial charge in [0, 0.05) is 18.3 Å². The fraction of sp³-hybridized carbons (Fsp3) is 0.571. The Kier molecular flexibility index (Phi) is 5.13. The van der Waals surface area contributed by atoms with Gasteiger partial charge in [0.25, 0.3) is 0 Å². The van der Waals surface area contributed by atoms with Crippen LogP contribution >= 0.6 is 0 Å². The van der Waals surface area contributed by atoms with Crippen molar-refractivity contribution in [3.05, 3.63) is 18.2 Å². The summed E-state index contributed by atoms with van der Waals surface area (Å²) in [7, 11) is 0. The summed E-state index contributed by atoms with van der Waals surface area (Å²) in [6.45, 7) is 9.40. The van der Waals surface area contributed by atoms with Gasteiger partial charge in [0.1, 0.15) is 5.75 Å². The Morgan fingerprint density at radius 3 is 2.59 bits per heavy atom. The minimum absolute atomic E-state index is 0.141. The van der Waals surface area contributed by atoms with Gasteiger partial charge in [-0.2, -0.15) is 0 Å². The van der Waals surface area contributed by atoms with E-state index in [9.17, 15) is 0 Å². The first kappa shape index (κ1) is 13.7. The van der Waals surface area contributed by atoms with Crippen molar-refractivity contribution in [1.82, 2.24) is 0 Å². The molecule has 1 rings (SSSR count). The van der Waals surface area contributed by atoms with Crippen LogP contribution in [0.5, 0.6) is 5.75 Å². The summed E-state index contributed by atoms with van der Waals surface area (Å²) in [6.07, 6.45) is 1.32. The number of anilines is 2. The van der Waals surface area contributed by atoms with Gasteiger partial charge in [-0.3, -0.25) is 0 Å². The van der Waals surface area contributed by atoms with Crippen molar-refractivity contribution in [3.63, 3.8) is 0 Å².